The number of unbranched alkanes of at least 4 members (excludes halogenated alkanes) is 17. The lowest BCUT2D eigenvalue weighted by atomic mass is 9.98. The summed E-state index contributed by atoms with van der Waals surface area (Å²) >= 11 is 0. The number of nitrogen functional groups attached to an aromatic ring is 1. The van der Waals surface area contributed by atoms with Crippen LogP contribution in [0.3, 0.4) is 0 Å². The van der Waals surface area contributed by atoms with E-state index in [0.717, 1.165) is 31.1 Å². The number of hydrogen-bond acceptors (Lipinski definition) is 3. The Hall–Kier alpha value is -2.23. The van der Waals surface area contributed by atoms with E-state index in [-0.39, 0.29) is 23.3 Å². The molecule has 0 radical (unpaired) electrons. The fourth-order valence-corrected chi connectivity index (χ4v) is 5.69. The molecule has 1 amide bonds. The second kappa shape index (κ2) is 20.6. The highest BCUT2D eigenvalue weighted by Gasteiger charge is 2.19. The van der Waals surface area contributed by atoms with Gasteiger partial charge in [0.1, 0.15) is 5.75 Å². The van der Waals surface area contributed by atoms with E-state index in [1.165, 1.54) is 109 Å². The van der Waals surface area contributed by atoms with Crippen molar-refractivity contribution >= 4 is 22.4 Å². The molecule has 4 N–H and O–H groups in total. The minimum atomic E-state index is -0.210. The summed E-state index contributed by atoms with van der Waals surface area (Å²) in [7, 11) is 0. The topological polar surface area (TPSA) is 75.4 Å². The van der Waals surface area contributed by atoms with Crippen molar-refractivity contribution in [3.8, 4) is 5.75 Å². The molecule has 4 heteroatoms. The first-order chi connectivity index (χ1) is 19.1. The van der Waals surface area contributed by atoms with Crippen molar-refractivity contribution in [2.24, 2.45) is 0 Å². The summed E-state index contributed by atoms with van der Waals surface area (Å²) in [6.45, 7) is 4.53. The van der Waals surface area contributed by atoms with Crippen LogP contribution in [-0.4, -0.2) is 17.1 Å². The number of fused-ring (bicyclic) bond motifs is 1. The van der Waals surface area contributed by atoms with Crippen LogP contribution in [0.25, 0.3) is 10.8 Å². The molecule has 0 aliphatic heterocycles. The number of phenols is 1. The van der Waals surface area contributed by atoms with Crippen LogP contribution in [0, 0.1) is 0 Å². The molecular weight excluding hydrogens is 480 g/mol. The SMILES string of the molecule is CCCCCCCCCCCCC(CCCCCCCCCCC)NC(=O)c1cc(N)c2ccccc2c1O. The summed E-state index contributed by atoms with van der Waals surface area (Å²) in [5.41, 5.74) is 7.05. The zero-order valence-electron chi connectivity index (χ0n) is 25.2. The highest BCUT2D eigenvalue weighted by atomic mass is 16.3. The zero-order chi connectivity index (χ0) is 28.1. The number of nitrogens with two attached hydrogens (primary N) is 1. The summed E-state index contributed by atoms with van der Waals surface area (Å²) in [6, 6.07) is 9.23. The van der Waals surface area contributed by atoms with Crippen molar-refractivity contribution in [2.45, 2.75) is 155 Å². The lowest BCUT2D eigenvalue weighted by Gasteiger charge is -2.20. The molecule has 0 fully saturated rings. The van der Waals surface area contributed by atoms with Gasteiger partial charge in [-0.3, -0.25) is 4.79 Å². The maximum absolute atomic E-state index is 13.3. The van der Waals surface area contributed by atoms with Crippen molar-refractivity contribution in [1.29, 1.82) is 0 Å². The Morgan fingerprint density at radius 3 is 1.56 bits per heavy atom. The van der Waals surface area contributed by atoms with Gasteiger partial charge in [-0.1, -0.05) is 160 Å². The Bertz CT molecular complexity index is 926. The van der Waals surface area contributed by atoms with Crippen LogP contribution in [0.5, 0.6) is 5.75 Å². The molecule has 2 rings (SSSR count). The average Bonchev–Trinajstić information content (AvgIpc) is 2.94. The second-order valence-corrected chi connectivity index (χ2v) is 11.7. The van der Waals surface area contributed by atoms with Gasteiger partial charge >= 0.3 is 0 Å². The van der Waals surface area contributed by atoms with Crippen LogP contribution in [0.4, 0.5) is 5.69 Å². The standard InChI is InChI=1S/C35H58N2O2/c1-3-5-7-9-11-13-15-17-19-21-25-29(24-20-18-16-14-12-10-8-6-4-2)37-35(39)32-28-33(36)30-26-22-23-27-31(30)34(32)38/h22-23,26-29,38H,3-21,24-25,36H2,1-2H3,(H,37,39). The van der Waals surface area contributed by atoms with Gasteiger partial charge in [0, 0.05) is 22.5 Å². The highest BCUT2D eigenvalue weighted by molar-refractivity contribution is 6.07. The lowest BCUT2D eigenvalue weighted by Crippen LogP contribution is -2.35. The Morgan fingerprint density at radius 2 is 1.10 bits per heavy atom. The van der Waals surface area contributed by atoms with Crippen LogP contribution in [0.15, 0.2) is 30.3 Å². The number of benzene rings is 2. The van der Waals surface area contributed by atoms with Crippen LogP contribution in [0.2, 0.25) is 0 Å². The predicted octanol–water partition coefficient (Wildman–Crippen LogP) is 10.5. The number of carbonyl (C=O) groups is 1. The molecule has 2 aromatic rings. The molecule has 2 aromatic carbocycles. The number of phenolic OH excluding ortho intramolecular Hbond substituents is 1. The first kappa shape index (κ1) is 33.0. The minimum absolute atomic E-state index is 0.0260. The van der Waals surface area contributed by atoms with Gasteiger partial charge in [0.2, 0.25) is 0 Å². The van der Waals surface area contributed by atoms with Gasteiger partial charge in [-0.2, -0.15) is 0 Å². The lowest BCUT2D eigenvalue weighted by molar-refractivity contribution is 0.0929. The molecule has 39 heavy (non-hydrogen) atoms. The normalized spacial score (nSPS) is 12.2. The minimum Gasteiger partial charge on any atom is -0.506 e. The highest BCUT2D eigenvalue weighted by Crippen LogP contribution is 2.33. The van der Waals surface area contributed by atoms with Crippen molar-refractivity contribution in [1.82, 2.24) is 5.32 Å². The first-order valence-corrected chi connectivity index (χ1v) is 16.4. The van der Waals surface area contributed by atoms with Gasteiger partial charge in [0.05, 0.1) is 5.56 Å². The van der Waals surface area contributed by atoms with E-state index in [1.807, 2.05) is 24.3 Å². The Labute approximate surface area is 239 Å². The fourth-order valence-electron chi connectivity index (χ4n) is 5.69. The molecule has 0 saturated carbocycles. The van der Waals surface area contributed by atoms with Gasteiger partial charge in [-0.15, -0.1) is 0 Å². The van der Waals surface area contributed by atoms with E-state index >= 15 is 0 Å². The number of hydrogen-bond donors (Lipinski definition) is 3. The molecule has 0 saturated heterocycles. The molecule has 0 aliphatic rings. The van der Waals surface area contributed by atoms with E-state index in [9.17, 15) is 9.90 Å². The van der Waals surface area contributed by atoms with Crippen LogP contribution < -0.4 is 11.1 Å². The van der Waals surface area contributed by atoms with Gasteiger partial charge in [-0.25, -0.2) is 0 Å². The molecule has 0 aromatic heterocycles. The fraction of sp³-hybridized carbons (Fsp3) is 0.686. The number of carbonyl (C=O) groups excluding carboxylic acids is 1. The monoisotopic (exact) mass is 538 g/mol. The van der Waals surface area contributed by atoms with Crippen molar-refractivity contribution in [3.05, 3.63) is 35.9 Å². The third-order valence-corrected chi connectivity index (χ3v) is 8.19. The average molecular weight is 539 g/mol. The summed E-state index contributed by atoms with van der Waals surface area (Å²) in [5, 5.41) is 15.5. The van der Waals surface area contributed by atoms with E-state index in [4.69, 9.17) is 5.73 Å². The van der Waals surface area contributed by atoms with Crippen LogP contribution >= 0.6 is 0 Å². The zero-order valence-corrected chi connectivity index (χ0v) is 25.2. The molecule has 0 spiro atoms. The molecule has 220 valence electrons. The molecular formula is C35H58N2O2. The third-order valence-electron chi connectivity index (χ3n) is 8.19. The molecule has 0 aliphatic carbocycles. The Kier molecular flexibility index (Phi) is 17.5. The van der Waals surface area contributed by atoms with Crippen molar-refractivity contribution < 1.29 is 9.90 Å². The van der Waals surface area contributed by atoms with Gasteiger partial charge in [0.25, 0.3) is 5.91 Å². The third kappa shape index (κ3) is 13.1. The largest absolute Gasteiger partial charge is 0.506 e. The predicted molar refractivity (Wildman–Crippen MR) is 170 cm³/mol. The quantitative estimate of drug-likeness (QED) is 0.0748. The molecule has 1 atom stereocenters. The van der Waals surface area contributed by atoms with E-state index in [0.29, 0.717) is 11.1 Å². The number of rotatable bonds is 23. The van der Waals surface area contributed by atoms with Gasteiger partial charge in [0.15, 0.2) is 0 Å². The van der Waals surface area contributed by atoms with Gasteiger partial charge in [-0.05, 0) is 18.9 Å². The molecule has 1 unspecified atom stereocenters. The number of nitrogens with one attached hydrogen (secondary N) is 1. The van der Waals surface area contributed by atoms with Gasteiger partial charge < -0.3 is 16.2 Å². The van der Waals surface area contributed by atoms with Crippen LogP contribution in [0.1, 0.15) is 159 Å². The number of anilines is 1. The molecule has 4 nitrogen and oxygen atoms in total. The molecule has 0 bridgehead atoms. The van der Waals surface area contributed by atoms with Crippen molar-refractivity contribution in [3.63, 3.8) is 0 Å². The first-order valence-electron chi connectivity index (χ1n) is 16.4. The summed E-state index contributed by atoms with van der Waals surface area (Å²) in [5.74, 6) is -0.184. The van der Waals surface area contributed by atoms with E-state index < -0.39 is 0 Å². The van der Waals surface area contributed by atoms with Crippen molar-refractivity contribution in [2.75, 3.05) is 5.73 Å². The number of amides is 1. The van der Waals surface area contributed by atoms with E-state index in [1.54, 1.807) is 6.07 Å². The summed E-state index contributed by atoms with van der Waals surface area (Å²) < 4.78 is 0. The van der Waals surface area contributed by atoms with E-state index in [2.05, 4.69) is 19.2 Å². The number of aromatic hydroxyl groups is 1. The maximum atomic E-state index is 13.3. The summed E-state index contributed by atoms with van der Waals surface area (Å²) in [4.78, 5) is 13.3. The molecule has 0 heterocycles. The smallest absolute Gasteiger partial charge is 0.255 e. The Balaban J connectivity index is 1.83. The Morgan fingerprint density at radius 1 is 0.692 bits per heavy atom. The van der Waals surface area contributed by atoms with Crippen LogP contribution in [-0.2, 0) is 0 Å². The summed E-state index contributed by atoms with van der Waals surface area (Å²) in [6.07, 6.45) is 26.9. The second-order valence-electron chi connectivity index (χ2n) is 11.7. The maximum Gasteiger partial charge on any atom is 0.255 e.